The molecule has 0 N–H and O–H groups in total. The number of hydrogen-bond donors (Lipinski definition) is 0. The maximum atomic E-state index is 14.9. The van der Waals surface area contributed by atoms with Gasteiger partial charge in [0.25, 0.3) is 0 Å². The second-order valence-electron chi connectivity index (χ2n) is 14.6. The van der Waals surface area contributed by atoms with Gasteiger partial charge in [0, 0.05) is 47.2 Å². The van der Waals surface area contributed by atoms with Crippen LogP contribution in [0, 0.1) is 18.8 Å². The molecular weight excluding hydrogens is 660 g/mol. The lowest BCUT2D eigenvalue weighted by molar-refractivity contribution is -0.145. The van der Waals surface area contributed by atoms with Crippen LogP contribution in [0.4, 0.5) is 0 Å². The molecule has 12 heteroatoms. The molecular formula is C39H30O12. The Kier molecular flexibility index (Phi) is 5.13. The van der Waals surface area contributed by atoms with Gasteiger partial charge in [0.2, 0.25) is 0 Å². The fraction of sp³-hybridized carbons (Fsp3) is 0.359. The molecule has 2 aromatic heterocycles. The van der Waals surface area contributed by atoms with Gasteiger partial charge in [-0.05, 0) is 26.8 Å². The SMILES string of the molecule is COc1c2c(cc3c1[C@H]1[C@@H](O3)[C@@]3(C)Oc4cc5occc5c(OC)c4C(=O)[C@@H]13)O[C@]1(C)[C@@H]3Oc4cc5oc(C)cc(=O)c5c(OC)c4[C@@H]3[C@@H]1C2=O. The van der Waals surface area contributed by atoms with Crippen molar-refractivity contribution in [1.29, 1.82) is 0 Å². The summed E-state index contributed by atoms with van der Waals surface area (Å²) in [6, 6.07) is 8.31. The first kappa shape index (κ1) is 29.1. The van der Waals surface area contributed by atoms with E-state index in [1.54, 1.807) is 37.5 Å². The van der Waals surface area contributed by atoms with E-state index in [0.717, 1.165) is 0 Å². The van der Waals surface area contributed by atoms with E-state index in [0.29, 0.717) is 84.6 Å². The second kappa shape index (κ2) is 8.98. The summed E-state index contributed by atoms with van der Waals surface area (Å²) in [4.78, 5) is 42.5. The topological polar surface area (TPSA) is 142 Å². The molecule has 3 aromatic carbocycles. The van der Waals surface area contributed by atoms with Crippen molar-refractivity contribution in [2.24, 2.45) is 11.8 Å². The molecule has 2 aliphatic carbocycles. The van der Waals surface area contributed by atoms with Crippen molar-refractivity contribution in [1.82, 2.24) is 0 Å². The van der Waals surface area contributed by atoms with Gasteiger partial charge in [0.15, 0.2) is 28.2 Å². The number of carbonyl (C=O) groups excluding carboxylic acids is 2. The van der Waals surface area contributed by atoms with Gasteiger partial charge in [0.05, 0.1) is 44.8 Å². The van der Waals surface area contributed by atoms with Crippen LogP contribution in [0.25, 0.3) is 21.9 Å². The number of aryl methyl sites for hydroxylation is 1. The molecule has 6 heterocycles. The summed E-state index contributed by atoms with van der Waals surface area (Å²) < 4.78 is 55.5. The number of ketones is 2. The average Bonchev–Trinajstić information content (AvgIpc) is 3.79. The zero-order valence-electron chi connectivity index (χ0n) is 28.3. The number of benzene rings is 3. The lowest BCUT2D eigenvalue weighted by Gasteiger charge is -2.57. The molecule has 51 heavy (non-hydrogen) atoms. The Hall–Kier alpha value is -5.65. The number of Topliss-reactive ketones (excluding diaryl/α,β-unsaturated/α-hetero) is 2. The quantitative estimate of drug-likeness (QED) is 0.223. The molecule has 258 valence electrons. The van der Waals surface area contributed by atoms with Gasteiger partial charge in [-0.2, -0.15) is 0 Å². The molecule has 2 fully saturated rings. The number of rotatable bonds is 3. The first-order valence-electron chi connectivity index (χ1n) is 16.8. The Morgan fingerprint density at radius 3 is 1.84 bits per heavy atom. The number of hydrogen-bond acceptors (Lipinski definition) is 12. The maximum absolute atomic E-state index is 14.9. The first-order chi connectivity index (χ1) is 24.5. The fourth-order valence-electron chi connectivity index (χ4n) is 10.2. The number of furan rings is 1. The summed E-state index contributed by atoms with van der Waals surface area (Å²) in [7, 11) is 4.51. The first-order valence-corrected chi connectivity index (χ1v) is 16.8. The molecule has 0 saturated heterocycles. The smallest absolute Gasteiger partial charge is 0.196 e. The summed E-state index contributed by atoms with van der Waals surface area (Å²) in [5, 5.41) is 0.965. The normalized spacial score (nSPS) is 31.1. The van der Waals surface area contributed by atoms with Gasteiger partial charge in [-0.1, -0.05) is 0 Å². The third kappa shape index (κ3) is 3.09. The van der Waals surface area contributed by atoms with Gasteiger partial charge in [-0.25, -0.2) is 0 Å². The van der Waals surface area contributed by atoms with Gasteiger partial charge in [-0.3, -0.25) is 14.4 Å². The van der Waals surface area contributed by atoms with Gasteiger partial charge in [0.1, 0.15) is 85.9 Å². The van der Waals surface area contributed by atoms with E-state index >= 15 is 0 Å². The zero-order valence-corrected chi connectivity index (χ0v) is 28.3. The highest BCUT2D eigenvalue weighted by Gasteiger charge is 2.75. The van der Waals surface area contributed by atoms with Crippen molar-refractivity contribution in [3.8, 4) is 40.2 Å². The highest BCUT2D eigenvalue weighted by atomic mass is 16.6. The van der Waals surface area contributed by atoms with E-state index < -0.39 is 47.1 Å². The summed E-state index contributed by atoms with van der Waals surface area (Å²) in [6.07, 6.45) is 0.451. The summed E-state index contributed by atoms with van der Waals surface area (Å²) in [5.74, 6) is 0.504. The van der Waals surface area contributed by atoms with Gasteiger partial charge >= 0.3 is 0 Å². The van der Waals surface area contributed by atoms with Crippen LogP contribution in [0.15, 0.2) is 50.2 Å². The summed E-state index contributed by atoms with van der Waals surface area (Å²) >= 11 is 0. The van der Waals surface area contributed by atoms with E-state index in [9.17, 15) is 14.4 Å². The van der Waals surface area contributed by atoms with Crippen LogP contribution in [0.5, 0.6) is 40.2 Å². The molecule has 12 nitrogen and oxygen atoms in total. The molecule has 0 spiro atoms. The highest BCUT2D eigenvalue weighted by Crippen LogP contribution is 2.70. The third-order valence-corrected chi connectivity index (χ3v) is 12.3. The molecule has 4 aliphatic heterocycles. The number of carbonyl (C=O) groups is 2. The number of methoxy groups -OCH3 is 3. The van der Waals surface area contributed by atoms with Crippen molar-refractivity contribution in [2.75, 3.05) is 21.3 Å². The second-order valence-corrected chi connectivity index (χ2v) is 14.6. The van der Waals surface area contributed by atoms with E-state index in [1.165, 1.54) is 27.4 Å². The largest absolute Gasteiger partial charge is 0.495 e. The minimum Gasteiger partial charge on any atom is -0.495 e. The minimum absolute atomic E-state index is 0.146. The Morgan fingerprint density at radius 1 is 0.667 bits per heavy atom. The lowest BCUT2D eigenvalue weighted by atomic mass is 9.53. The predicted molar refractivity (Wildman–Crippen MR) is 178 cm³/mol. The minimum atomic E-state index is -1.05. The van der Waals surface area contributed by atoms with Crippen LogP contribution in [0.2, 0.25) is 0 Å². The van der Waals surface area contributed by atoms with Crippen LogP contribution in [0.3, 0.4) is 0 Å². The maximum Gasteiger partial charge on any atom is 0.196 e. The molecule has 0 unspecified atom stereocenters. The predicted octanol–water partition coefficient (Wildman–Crippen LogP) is 5.89. The third-order valence-electron chi connectivity index (χ3n) is 12.3. The molecule has 5 aromatic rings. The van der Waals surface area contributed by atoms with Crippen LogP contribution < -0.4 is 38.6 Å². The molecule has 8 atom stereocenters. The van der Waals surface area contributed by atoms with Crippen LogP contribution in [-0.2, 0) is 0 Å². The van der Waals surface area contributed by atoms with Crippen LogP contribution in [-0.4, -0.2) is 56.3 Å². The summed E-state index contributed by atoms with van der Waals surface area (Å²) in [5.41, 5.74) is 0.461. The van der Waals surface area contributed by atoms with Crippen molar-refractivity contribution in [3.63, 3.8) is 0 Å². The van der Waals surface area contributed by atoms with E-state index in [1.807, 2.05) is 13.8 Å². The van der Waals surface area contributed by atoms with Crippen molar-refractivity contribution >= 4 is 33.5 Å². The zero-order chi connectivity index (χ0) is 35.0. The number of ether oxygens (including phenoxy) is 7. The van der Waals surface area contributed by atoms with E-state index in [4.69, 9.17) is 42.0 Å². The highest BCUT2D eigenvalue weighted by molar-refractivity contribution is 6.11. The molecule has 0 radical (unpaired) electrons. The molecule has 2 saturated carbocycles. The van der Waals surface area contributed by atoms with Gasteiger partial charge < -0.3 is 42.0 Å². The molecule has 11 rings (SSSR count). The van der Waals surface area contributed by atoms with Crippen LogP contribution >= 0.6 is 0 Å². The summed E-state index contributed by atoms with van der Waals surface area (Å²) in [6.45, 7) is 5.43. The Bertz CT molecular complexity index is 2560. The fourth-order valence-corrected chi connectivity index (χ4v) is 10.2. The average molecular weight is 691 g/mol. The van der Waals surface area contributed by atoms with Gasteiger partial charge in [-0.15, -0.1) is 0 Å². The van der Waals surface area contributed by atoms with Crippen LogP contribution in [0.1, 0.15) is 63.3 Å². The van der Waals surface area contributed by atoms with E-state index in [-0.39, 0.29) is 22.6 Å². The van der Waals surface area contributed by atoms with E-state index in [2.05, 4.69) is 0 Å². The monoisotopic (exact) mass is 690 g/mol. The van der Waals surface area contributed by atoms with Crippen molar-refractivity contribution in [3.05, 3.63) is 74.8 Å². The molecule has 6 aliphatic rings. The van der Waals surface area contributed by atoms with Crippen molar-refractivity contribution < 1.29 is 51.6 Å². The molecule has 0 amide bonds. The standard InChI is InChI=1S/C39H30O12/c1-13-9-15(40)22-17(47-13)11-18-23(34(22)44-5)27-30-32(42)26-21(51-39(30,3)36(27)48-18)12-19-24(35(26)45-6)28-29-31(41)25-20(50-38(29,2)37(28)49-19)10-16-14(7-8-46-16)33(25)43-4/h7-12,27-30,36-37H,1-6H3/t27-,28-,29-,30-,36-,37-,38+,39+/m1/s1. The Morgan fingerprint density at radius 2 is 1.22 bits per heavy atom. The van der Waals surface area contributed by atoms with Crippen molar-refractivity contribution in [2.45, 2.75) is 56.0 Å². The lowest BCUT2D eigenvalue weighted by Crippen LogP contribution is -2.70. The Labute approximate surface area is 289 Å². The number of fused-ring (bicyclic) bond motifs is 16. The Balaban J connectivity index is 1.03. The molecule has 0 bridgehead atoms.